The number of aliphatic hydroxyl groups is 1. The second kappa shape index (κ2) is 10.3. The van der Waals surface area contributed by atoms with Crippen LogP contribution in [0.1, 0.15) is 0 Å². The van der Waals surface area contributed by atoms with Crippen molar-refractivity contribution in [1.29, 1.82) is 0 Å². The molecule has 0 amide bonds. The lowest BCUT2D eigenvalue weighted by Crippen LogP contribution is -2.34. The van der Waals surface area contributed by atoms with E-state index in [4.69, 9.17) is 23.7 Å². The first-order valence-electron chi connectivity index (χ1n) is 12.3. The molecule has 0 aliphatic carbocycles. The van der Waals surface area contributed by atoms with E-state index in [2.05, 4.69) is 9.97 Å². The van der Waals surface area contributed by atoms with Crippen molar-refractivity contribution < 1.29 is 37.6 Å². The van der Waals surface area contributed by atoms with E-state index in [-0.39, 0.29) is 37.4 Å². The van der Waals surface area contributed by atoms with E-state index in [0.717, 1.165) is 5.56 Å². The number of H-pyrrole nitrogens is 1. The highest BCUT2D eigenvalue weighted by Gasteiger charge is 2.48. The Morgan fingerprint density at radius 1 is 0.921 bits per heavy atom. The van der Waals surface area contributed by atoms with Crippen LogP contribution in [0.5, 0.6) is 11.6 Å². The topological polar surface area (TPSA) is 95.1 Å². The van der Waals surface area contributed by atoms with Crippen molar-refractivity contribution in [2.75, 3.05) is 33.5 Å². The van der Waals surface area contributed by atoms with Gasteiger partial charge in [-0.1, -0.05) is 30.3 Å². The highest BCUT2D eigenvalue weighted by Crippen LogP contribution is 2.33. The maximum Gasteiger partial charge on any atom is 0.193 e. The maximum atomic E-state index is 15.0. The summed E-state index contributed by atoms with van der Waals surface area (Å²) >= 11 is 0. The SMILES string of the molecule is COCCOc1ccc(-c2ccc(-c3nc4cc(O[C@@H]5CO[C@H]6[C@@H]5OC[C@H]6O)[nH]c4cc3F)cc2)cc1F. The molecule has 8 nitrogen and oxygen atoms in total. The molecule has 38 heavy (non-hydrogen) atoms. The van der Waals surface area contributed by atoms with Crippen LogP contribution in [0.25, 0.3) is 33.4 Å². The first kappa shape index (κ1) is 24.7. The van der Waals surface area contributed by atoms with E-state index in [1.807, 2.05) is 0 Å². The Bertz CT molecular complexity index is 1440. The molecular weight excluding hydrogens is 498 g/mol. The number of hydrogen-bond donors (Lipinski definition) is 2. The predicted octanol–water partition coefficient (Wildman–Crippen LogP) is 4.11. The largest absolute Gasteiger partial charge is 0.488 e. The molecule has 0 radical (unpaired) electrons. The monoisotopic (exact) mass is 524 g/mol. The van der Waals surface area contributed by atoms with Gasteiger partial charge in [0.25, 0.3) is 0 Å². The molecule has 4 atom stereocenters. The number of rotatable bonds is 8. The van der Waals surface area contributed by atoms with Gasteiger partial charge in [-0.2, -0.15) is 0 Å². The van der Waals surface area contributed by atoms with Crippen molar-refractivity contribution >= 4 is 11.0 Å². The molecule has 0 bridgehead atoms. The van der Waals surface area contributed by atoms with Crippen LogP contribution in [-0.4, -0.2) is 73.0 Å². The minimum absolute atomic E-state index is 0.158. The maximum absolute atomic E-state index is 15.0. The van der Waals surface area contributed by atoms with Gasteiger partial charge in [-0.25, -0.2) is 13.8 Å². The van der Waals surface area contributed by atoms with E-state index in [1.165, 1.54) is 12.1 Å². The normalized spacial score (nSPS) is 22.6. The van der Waals surface area contributed by atoms with Crippen LogP contribution >= 0.6 is 0 Å². The molecule has 0 spiro atoms. The molecule has 2 saturated heterocycles. The second-order valence-electron chi connectivity index (χ2n) is 9.27. The molecule has 2 aliphatic heterocycles. The Balaban J connectivity index is 1.19. The second-order valence-corrected chi connectivity index (χ2v) is 9.27. The average molecular weight is 525 g/mol. The van der Waals surface area contributed by atoms with Crippen LogP contribution < -0.4 is 9.47 Å². The molecule has 4 heterocycles. The number of fused-ring (bicyclic) bond motifs is 2. The minimum Gasteiger partial charge on any atom is -0.488 e. The summed E-state index contributed by atoms with van der Waals surface area (Å²) in [6.07, 6.45) is -1.82. The number of nitrogens with one attached hydrogen (secondary N) is 1. The van der Waals surface area contributed by atoms with E-state index < -0.39 is 29.9 Å². The van der Waals surface area contributed by atoms with Crippen LogP contribution in [0.15, 0.2) is 54.6 Å². The third-order valence-electron chi connectivity index (χ3n) is 6.76. The number of aliphatic hydroxyl groups excluding tert-OH is 1. The standard InChI is InChI=1S/C28H26F2N2O6/c1-34-8-9-35-23-7-6-17(10-18(23)29)15-2-4-16(5-3-15)26-19(30)11-20-21(32-26)12-25(31-20)38-24-14-37-27-22(33)13-36-28(24)27/h2-7,10-12,22,24,27-28,31,33H,8-9,13-14H2,1H3/t22-,24-,27-,28-/m1/s1. The summed E-state index contributed by atoms with van der Waals surface area (Å²) in [6.45, 7) is 1.12. The molecule has 2 fully saturated rings. The van der Waals surface area contributed by atoms with Gasteiger partial charge in [0.1, 0.15) is 30.6 Å². The number of pyridine rings is 1. The summed E-state index contributed by atoms with van der Waals surface area (Å²) in [5, 5.41) is 9.92. The smallest absolute Gasteiger partial charge is 0.193 e. The summed E-state index contributed by atoms with van der Waals surface area (Å²) < 4.78 is 57.0. The third-order valence-corrected chi connectivity index (χ3v) is 6.76. The Morgan fingerprint density at radius 2 is 1.68 bits per heavy atom. The number of methoxy groups -OCH3 is 1. The highest BCUT2D eigenvalue weighted by molar-refractivity contribution is 5.81. The first-order chi connectivity index (χ1) is 18.5. The van der Waals surface area contributed by atoms with Gasteiger partial charge in [0, 0.05) is 24.8 Å². The summed E-state index contributed by atoms with van der Waals surface area (Å²) in [5.74, 6) is -0.392. The molecule has 6 rings (SSSR count). The van der Waals surface area contributed by atoms with Gasteiger partial charge < -0.3 is 33.8 Å². The fourth-order valence-electron chi connectivity index (χ4n) is 4.83. The van der Waals surface area contributed by atoms with Crippen molar-refractivity contribution in [3.05, 3.63) is 66.2 Å². The quantitative estimate of drug-likeness (QED) is 0.335. The van der Waals surface area contributed by atoms with Gasteiger partial charge in [0.2, 0.25) is 0 Å². The lowest BCUT2D eigenvalue weighted by Gasteiger charge is -2.16. The van der Waals surface area contributed by atoms with Crippen LogP contribution in [0.4, 0.5) is 8.78 Å². The Morgan fingerprint density at radius 3 is 2.47 bits per heavy atom. The molecule has 0 unspecified atom stereocenters. The van der Waals surface area contributed by atoms with Crippen LogP contribution in [-0.2, 0) is 14.2 Å². The van der Waals surface area contributed by atoms with Crippen LogP contribution in [0, 0.1) is 11.6 Å². The fraction of sp³-hybridized carbons (Fsp3) is 0.321. The van der Waals surface area contributed by atoms with Gasteiger partial charge in [0.15, 0.2) is 29.4 Å². The lowest BCUT2D eigenvalue weighted by atomic mass is 10.0. The molecule has 2 N–H and O–H groups in total. The summed E-state index contributed by atoms with van der Waals surface area (Å²) in [4.78, 5) is 7.55. The molecule has 198 valence electrons. The van der Waals surface area contributed by atoms with Crippen molar-refractivity contribution in [2.45, 2.75) is 24.4 Å². The van der Waals surface area contributed by atoms with Gasteiger partial charge in [-0.05, 0) is 23.3 Å². The number of aromatic amines is 1. The van der Waals surface area contributed by atoms with Crippen molar-refractivity contribution in [2.24, 2.45) is 0 Å². The number of ether oxygens (including phenoxy) is 5. The van der Waals surface area contributed by atoms with E-state index in [9.17, 15) is 9.50 Å². The number of nitrogens with zero attached hydrogens (tertiary/aromatic N) is 1. The van der Waals surface area contributed by atoms with Gasteiger partial charge in [-0.3, -0.25) is 0 Å². The van der Waals surface area contributed by atoms with Gasteiger partial charge >= 0.3 is 0 Å². The number of benzene rings is 2. The van der Waals surface area contributed by atoms with Crippen molar-refractivity contribution in [3.63, 3.8) is 0 Å². The van der Waals surface area contributed by atoms with E-state index >= 15 is 4.39 Å². The average Bonchev–Trinajstić information content (AvgIpc) is 3.61. The van der Waals surface area contributed by atoms with Gasteiger partial charge in [0.05, 0.1) is 30.9 Å². The Hall–Kier alpha value is -3.57. The molecular formula is C28H26F2N2O6. The number of aromatic nitrogens is 2. The predicted molar refractivity (Wildman–Crippen MR) is 134 cm³/mol. The molecule has 2 aromatic carbocycles. The molecule has 4 aromatic rings. The Kier molecular flexibility index (Phi) is 6.71. The number of hydrogen-bond acceptors (Lipinski definition) is 7. The van der Waals surface area contributed by atoms with E-state index in [0.29, 0.717) is 34.6 Å². The third kappa shape index (κ3) is 4.71. The summed E-state index contributed by atoms with van der Waals surface area (Å²) in [6, 6.07) is 14.9. The fourth-order valence-corrected chi connectivity index (χ4v) is 4.83. The number of halogens is 2. The molecule has 2 aliphatic rings. The Labute approximate surface area is 217 Å². The van der Waals surface area contributed by atoms with Crippen molar-refractivity contribution in [3.8, 4) is 34.0 Å². The lowest BCUT2D eigenvalue weighted by molar-refractivity contribution is 0.00794. The zero-order valence-electron chi connectivity index (χ0n) is 20.5. The van der Waals surface area contributed by atoms with Crippen molar-refractivity contribution in [1.82, 2.24) is 9.97 Å². The van der Waals surface area contributed by atoms with Crippen LogP contribution in [0.2, 0.25) is 0 Å². The molecule has 10 heteroatoms. The molecule has 2 aromatic heterocycles. The highest BCUT2D eigenvalue weighted by atomic mass is 19.1. The zero-order valence-corrected chi connectivity index (χ0v) is 20.5. The van der Waals surface area contributed by atoms with E-state index in [1.54, 1.807) is 49.6 Å². The van der Waals surface area contributed by atoms with Crippen LogP contribution in [0.3, 0.4) is 0 Å². The minimum atomic E-state index is -0.667. The molecule has 0 saturated carbocycles. The summed E-state index contributed by atoms with van der Waals surface area (Å²) in [5.41, 5.74) is 3.23. The summed E-state index contributed by atoms with van der Waals surface area (Å²) in [7, 11) is 1.55. The first-order valence-corrected chi connectivity index (χ1v) is 12.3. The zero-order chi connectivity index (χ0) is 26.2. The van der Waals surface area contributed by atoms with Gasteiger partial charge in [-0.15, -0.1) is 0 Å².